The van der Waals surface area contributed by atoms with Crippen molar-refractivity contribution in [3.63, 3.8) is 0 Å². The van der Waals surface area contributed by atoms with Gasteiger partial charge in [0.05, 0.1) is 6.61 Å². The quantitative estimate of drug-likeness (QED) is 0.0485. The van der Waals surface area contributed by atoms with Gasteiger partial charge in [-0.05, 0) is 12.8 Å². The van der Waals surface area contributed by atoms with Crippen LogP contribution in [-0.2, 0) is 19.1 Å². The molecular weight excluding hydrogens is 1060 g/mol. The Morgan fingerprint density at radius 2 is 0.356 bits per heavy atom. The maximum absolute atomic E-state index is 12.4. The highest BCUT2D eigenvalue weighted by molar-refractivity contribution is 5.70. The van der Waals surface area contributed by atoms with Crippen LogP contribution in [0.15, 0.2) is 0 Å². The topological polar surface area (TPSA) is 72.8 Å². The molecule has 0 amide bonds. The lowest BCUT2D eigenvalue weighted by Crippen LogP contribution is -2.28. The molecule has 0 fully saturated rings. The predicted molar refractivity (Wildman–Crippen MR) is 386 cm³/mol. The molecule has 0 rings (SSSR count). The van der Waals surface area contributed by atoms with Crippen molar-refractivity contribution in [3.05, 3.63) is 0 Å². The average molecular weight is 1230 g/mol. The zero-order chi connectivity index (χ0) is 62.6. The van der Waals surface area contributed by atoms with Gasteiger partial charge in [0.15, 0.2) is 6.10 Å². The molecule has 0 bridgehead atoms. The summed E-state index contributed by atoms with van der Waals surface area (Å²) in [5, 5.41) is 9.73. The predicted octanol–water partition coefficient (Wildman–Crippen LogP) is 28.7. The van der Waals surface area contributed by atoms with Gasteiger partial charge in [0, 0.05) is 12.8 Å². The second-order valence-electron chi connectivity index (χ2n) is 28.6. The summed E-state index contributed by atoms with van der Waals surface area (Å²) in [5.41, 5.74) is 0. The van der Waals surface area contributed by atoms with Gasteiger partial charge in [-0.25, -0.2) is 0 Å². The minimum Gasteiger partial charge on any atom is -0.462 e. The van der Waals surface area contributed by atoms with Crippen molar-refractivity contribution in [2.24, 2.45) is 0 Å². The molecule has 0 heterocycles. The van der Waals surface area contributed by atoms with Crippen molar-refractivity contribution in [1.29, 1.82) is 0 Å². The Bertz CT molecular complexity index is 1250. The van der Waals surface area contributed by atoms with Gasteiger partial charge in [-0.3, -0.25) is 9.59 Å². The normalized spacial score (nSPS) is 12.0. The molecule has 520 valence electrons. The maximum Gasteiger partial charge on any atom is 0.306 e. The Hall–Kier alpha value is -1.10. The summed E-state index contributed by atoms with van der Waals surface area (Å²) in [6, 6.07) is 0. The third-order valence-corrected chi connectivity index (χ3v) is 19.7. The van der Waals surface area contributed by atoms with Crippen LogP contribution in [-0.4, -0.2) is 36.4 Å². The summed E-state index contributed by atoms with van der Waals surface area (Å²) in [6.07, 6.45) is 102. The first-order chi connectivity index (χ1) is 43.1. The highest BCUT2D eigenvalue weighted by Gasteiger charge is 2.16. The van der Waals surface area contributed by atoms with E-state index in [9.17, 15) is 14.7 Å². The van der Waals surface area contributed by atoms with E-state index in [1.807, 2.05) is 0 Å². The molecule has 1 atom stereocenters. The minimum atomic E-state index is -0.767. The van der Waals surface area contributed by atoms with Gasteiger partial charge in [0.2, 0.25) is 0 Å². The van der Waals surface area contributed by atoms with Gasteiger partial charge in [0.25, 0.3) is 0 Å². The second-order valence-corrected chi connectivity index (χ2v) is 28.6. The molecule has 0 aliphatic heterocycles. The number of hydrogen-bond donors (Lipinski definition) is 1. The zero-order valence-corrected chi connectivity index (χ0v) is 60.1. The van der Waals surface area contributed by atoms with Crippen LogP contribution >= 0.6 is 0 Å². The Morgan fingerprint density at radius 1 is 0.218 bits per heavy atom. The number of rotatable bonds is 79. The van der Waals surface area contributed by atoms with Crippen molar-refractivity contribution in [3.8, 4) is 0 Å². The molecule has 5 heteroatoms. The average Bonchev–Trinajstić information content (AvgIpc) is 3.52. The molecule has 0 spiro atoms. The van der Waals surface area contributed by atoms with Crippen molar-refractivity contribution in [2.45, 2.75) is 502 Å². The summed E-state index contributed by atoms with van der Waals surface area (Å²) < 4.78 is 10.8. The van der Waals surface area contributed by atoms with Crippen LogP contribution in [0, 0.1) is 0 Å². The van der Waals surface area contributed by atoms with E-state index >= 15 is 0 Å². The van der Waals surface area contributed by atoms with E-state index in [1.54, 1.807) is 0 Å². The number of carbonyl (C=O) groups excluding carboxylic acids is 2. The lowest BCUT2D eigenvalue weighted by molar-refractivity contribution is -0.161. The van der Waals surface area contributed by atoms with Crippen LogP contribution in [0.4, 0.5) is 0 Å². The third-order valence-electron chi connectivity index (χ3n) is 19.7. The Kier molecular flexibility index (Phi) is 78.1. The zero-order valence-electron chi connectivity index (χ0n) is 60.1. The van der Waals surface area contributed by atoms with E-state index in [2.05, 4.69) is 13.8 Å². The van der Waals surface area contributed by atoms with Crippen LogP contribution in [0.25, 0.3) is 0 Å². The molecule has 0 radical (unpaired) electrons. The van der Waals surface area contributed by atoms with E-state index in [4.69, 9.17) is 9.47 Å². The number of esters is 2. The lowest BCUT2D eigenvalue weighted by Gasteiger charge is -2.15. The molecule has 0 aromatic carbocycles. The van der Waals surface area contributed by atoms with Gasteiger partial charge in [0.1, 0.15) is 6.61 Å². The highest BCUT2D eigenvalue weighted by atomic mass is 16.6. The van der Waals surface area contributed by atoms with Crippen molar-refractivity contribution >= 4 is 11.9 Å². The number of unbranched alkanes of at least 4 members (excludes halogenated alkanes) is 71. The van der Waals surface area contributed by atoms with E-state index in [-0.39, 0.29) is 25.2 Å². The van der Waals surface area contributed by atoms with Gasteiger partial charge >= 0.3 is 11.9 Å². The van der Waals surface area contributed by atoms with Crippen LogP contribution < -0.4 is 0 Å². The molecule has 1 unspecified atom stereocenters. The number of aliphatic hydroxyl groups excluding tert-OH is 1. The first-order valence-corrected chi connectivity index (χ1v) is 41.1. The van der Waals surface area contributed by atoms with Gasteiger partial charge < -0.3 is 14.6 Å². The van der Waals surface area contributed by atoms with Crippen LogP contribution in [0.3, 0.4) is 0 Å². The highest BCUT2D eigenvalue weighted by Crippen LogP contribution is 2.21. The Labute approximate surface area is 548 Å². The number of carbonyl (C=O) groups is 2. The molecule has 0 aliphatic carbocycles. The Morgan fingerprint density at radius 3 is 0.506 bits per heavy atom. The monoisotopic (exact) mass is 1230 g/mol. The number of ether oxygens (including phenoxy) is 2. The molecule has 1 N–H and O–H groups in total. The van der Waals surface area contributed by atoms with Crippen molar-refractivity contribution < 1.29 is 24.2 Å². The molecule has 0 saturated carbocycles. The van der Waals surface area contributed by atoms with Gasteiger partial charge in [-0.2, -0.15) is 0 Å². The minimum absolute atomic E-state index is 0.0551. The molecule has 0 aromatic rings. The fraction of sp³-hybridized carbons (Fsp3) is 0.976. The van der Waals surface area contributed by atoms with Crippen molar-refractivity contribution in [1.82, 2.24) is 0 Å². The van der Waals surface area contributed by atoms with Crippen LogP contribution in [0.1, 0.15) is 495 Å². The fourth-order valence-corrected chi connectivity index (χ4v) is 13.5. The number of hydrogen-bond acceptors (Lipinski definition) is 5. The van der Waals surface area contributed by atoms with E-state index < -0.39 is 6.10 Å². The summed E-state index contributed by atoms with van der Waals surface area (Å²) >= 11 is 0. The van der Waals surface area contributed by atoms with Crippen LogP contribution in [0.2, 0.25) is 0 Å². The molecule has 87 heavy (non-hydrogen) atoms. The number of aliphatic hydroxyl groups is 1. The van der Waals surface area contributed by atoms with E-state index in [0.717, 1.165) is 32.1 Å². The summed E-state index contributed by atoms with van der Waals surface area (Å²) in [5.74, 6) is -0.555. The molecule has 0 saturated heterocycles. The Balaban J connectivity index is 3.32. The van der Waals surface area contributed by atoms with Crippen molar-refractivity contribution in [2.75, 3.05) is 13.2 Å². The van der Waals surface area contributed by atoms with Gasteiger partial charge in [-0.1, -0.05) is 470 Å². The summed E-state index contributed by atoms with van der Waals surface area (Å²) in [4.78, 5) is 24.7. The van der Waals surface area contributed by atoms with E-state index in [0.29, 0.717) is 12.8 Å². The third kappa shape index (κ3) is 77.3. The van der Waals surface area contributed by atoms with Gasteiger partial charge in [-0.15, -0.1) is 0 Å². The SMILES string of the molecule is CCCCCCCCCCCCCCCCCCCCCCCCCCCCCCCCCCCCCCCCCCC(=O)OC(CO)COC(=O)CCCCCCCCCCCCCCCCCCCCCCCCCCCCCCCCCCC. The van der Waals surface area contributed by atoms with E-state index in [1.165, 1.54) is 437 Å². The lowest BCUT2D eigenvalue weighted by atomic mass is 10.0. The first-order valence-electron chi connectivity index (χ1n) is 41.1. The molecular formula is C82H162O5. The molecule has 0 aliphatic rings. The first kappa shape index (κ1) is 85.9. The molecule has 5 nitrogen and oxygen atoms in total. The second kappa shape index (κ2) is 79.1. The van der Waals surface area contributed by atoms with Crippen LogP contribution in [0.5, 0.6) is 0 Å². The summed E-state index contributed by atoms with van der Waals surface area (Å²) in [6.45, 7) is 4.24. The standard InChI is InChI=1S/C82H162O5/c1-3-5-7-9-11-13-15-17-19-21-23-25-27-29-31-33-35-37-38-39-40-41-42-43-45-47-49-51-53-55-57-59-61-63-65-67-69-71-73-75-77-82(85)87-80(78-83)79-86-81(84)76-74-72-70-68-66-64-62-60-58-56-54-52-50-48-46-44-36-34-32-30-28-26-24-22-20-18-16-14-12-10-8-6-4-2/h80,83H,3-79H2,1-2H3. The fourth-order valence-electron chi connectivity index (χ4n) is 13.5. The summed E-state index contributed by atoms with van der Waals surface area (Å²) in [7, 11) is 0. The smallest absolute Gasteiger partial charge is 0.306 e. The molecule has 0 aromatic heterocycles. The largest absolute Gasteiger partial charge is 0.462 e. The maximum atomic E-state index is 12.4.